The molecule has 0 aliphatic heterocycles. The third kappa shape index (κ3) is 4.20. The summed E-state index contributed by atoms with van der Waals surface area (Å²) in [6, 6.07) is 24.8. The Kier molecular flexibility index (Phi) is 5.57. The van der Waals surface area contributed by atoms with Gasteiger partial charge in [-0.15, -0.1) is 0 Å². The number of para-hydroxylation sites is 2. The largest absolute Gasteiger partial charge is 0.310 e. The summed E-state index contributed by atoms with van der Waals surface area (Å²) in [6.45, 7) is 0. The Morgan fingerprint density at radius 1 is 0.909 bits per heavy atom. The third-order valence-corrected chi connectivity index (χ3v) is 7.77. The molecule has 7 nitrogen and oxygen atoms in total. The molecule has 2 heterocycles. The predicted octanol–water partition coefficient (Wildman–Crippen LogP) is 4.55. The Balaban J connectivity index is 1.51. The predicted molar refractivity (Wildman–Crippen MR) is 130 cm³/mol. The molecular formula is C24H18N4O3S2. The van der Waals surface area contributed by atoms with E-state index < -0.39 is 10.0 Å². The van der Waals surface area contributed by atoms with E-state index in [1.807, 2.05) is 24.3 Å². The molecule has 164 valence electrons. The maximum atomic E-state index is 13.7. The molecule has 0 aliphatic rings. The molecule has 1 N–H and O–H groups in total. The molecule has 0 fully saturated rings. The van der Waals surface area contributed by atoms with Gasteiger partial charge in [-0.3, -0.25) is 4.79 Å². The number of nitrogens with zero attached hydrogens (tertiary/aromatic N) is 3. The fourth-order valence-corrected chi connectivity index (χ4v) is 6.03. The number of amides is 1. The number of hydrogen-bond donors (Lipinski definition) is 1. The quantitative estimate of drug-likeness (QED) is 0.363. The number of hydrogen-bond acceptors (Lipinski definition) is 6. The second-order valence-corrected chi connectivity index (χ2v) is 9.94. The summed E-state index contributed by atoms with van der Waals surface area (Å²) in [5.41, 5.74) is 0.993. The Bertz CT molecular complexity index is 1580. The Hall–Kier alpha value is -3.69. The van der Waals surface area contributed by atoms with Crippen molar-refractivity contribution in [2.75, 3.05) is 11.1 Å². The van der Waals surface area contributed by atoms with Gasteiger partial charge in [0.2, 0.25) is 5.91 Å². The van der Waals surface area contributed by atoms with Crippen molar-refractivity contribution in [2.45, 2.75) is 10.1 Å². The van der Waals surface area contributed by atoms with Crippen LogP contribution in [0.4, 0.5) is 5.82 Å². The minimum absolute atomic E-state index is 0.0207. The number of fused-ring (bicyclic) bond motifs is 2. The molecule has 0 unspecified atom stereocenters. The zero-order valence-electron chi connectivity index (χ0n) is 17.3. The van der Waals surface area contributed by atoms with Gasteiger partial charge in [0.1, 0.15) is 5.82 Å². The van der Waals surface area contributed by atoms with Crippen LogP contribution in [0.15, 0.2) is 101 Å². The summed E-state index contributed by atoms with van der Waals surface area (Å²) < 4.78 is 28.6. The van der Waals surface area contributed by atoms with Crippen molar-refractivity contribution >= 4 is 55.3 Å². The smallest absolute Gasteiger partial charge is 0.270 e. The van der Waals surface area contributed by atoms with Crippen molar-refractivity contribution in [1.82, 2.24) is 13.9 Å². The summed E-state index contributed by atoms with van der Waals surface area (Å²) in [6.07, 6.45) is 1.58. The molecule has 33 heavy (non-hydrogen) atoms. The van der Waals surface area contributed by atoms with E-state index in [1.165, 1.54) is 3.97 Å². The van der Waals surface area contributed by atoms with E-state index in [-0.39, 0.29) is 21.7 Å². The van der Waals surface area contributed by atoms with Gasteiger partial charge in [0.15, 0.2) is 5.16 Å². The number of aromatic nitrogens is 3. The van der Waals surface area contributed by atoms with Gasteiger partial charge in [0.05, 0.1) is 21.7 Å². The molecule has 5 rings (SSSR count). The maximum Gasteiger partial charge on any atom is 0.270 e. The summed E-state index contributed by atoms with van der Waals surface area (Å²) in [5, 5.41) is 4.70. The third-order valence-electron chi connectivity index (χ3n) is 5.01. The van der Waals surface area contributed by atoms with Crippen molar-refractivity contribution < 1.29 is 13.2 Å². The van der Waals surface area contributed by atoms with E-state index in [2.05, 4.69) is 15.3 Å². The fourth-order valence-electron chi connectivity index (χ4n) is 3.48. The van der Waals surface area contributed by atoms with Crippen molar-refractivity contribution in [3.05, 3.63) is 91.1 Å². The molecule has 1 amide bonds. The summed E-state index contributed by atoms with van der Waals surface area (Å²) in [4.78, 5) is 21.1. The topological polar surface area (TPSA) is 94.0 Å². The first-order chi connectivity index (χ1) is 16.0. The number of benzene rings is 3. The van der Waals surface area contributed by atoms with E-state index in [9.17, 15) is 13.2 Å². The van der Waals surface area contributed by atoms with Crippen LogP contribution in [-0.2, 0) is 14.8 Å². The molecule has 3 aromatic carbocycles. The Morgan fingerprint density at radius 2 is 1.67 bits per heavy atom. The zero-order chi connectivity index (χ0) is 22.8. The van der Waals surface area contributed by atoms with Crippen LogP contribution in [0.1, 0.15) is 0 Å². The van der Waals surface area contributed by atoms with E-state index in [1.54, 1.807) is 66.9 Å². The highest BCUT2D eigenvalue weighted by atomic mass is 32.2. The second kappa shape index (κ2) is 8.68. The van der Waals surface area contributed by atoms with Crippen molar-refractivity contribution in [3.8, 4) is 0 Å². The van der Waals surface area contributed by atoms with E-state index in [4.69, 9.17) is 0 Å². The number of rotatable bonds is 6. The highest BCUT2D eigenvalue weighted by Crippen LogP contribution is 2.30. The van der Waals surface area contributed by atoms with E-state index in [0.29, 0.717) is 16.9 Å². The number of thioether (sulfide) groups is 1. The number of carbonyl (C=O) groups excluding carboxylic acids is 1. The van der Waals surface area contributed by atoms with Crippen LogP contribution >= 0.6 is 11.8 Å². The molecule has 0 spiro atoms. The van der Waals surface area contributed by atoms with Crippen LogP contribution in [0.25, 0.3) is 21.8 Å². The first-order valence-corrected chi connectivity index (χ1v) is 12.5. The summed E-state index contributed by atoms with van der Waals surface area (Å²) >= 11 is 1.06. The molecule has 0 aliphatic carbocycles. The van der Waals surface area contributed by atoms with E-state index in [0.717, 1.165) is 22.5 Å². The van der Waals surface area contributed by atoms with Crippen LogP contribution in [0.5, 0.6) is 0 Å². The monoisotopic (exact) mass is 474 g/mol. The van der Waals surface area contributed by atoms with Gasteiger partial charge in [-0.25, -0.2) is 22.4 Å². The molecule has 0 radical (unpaired) electrons. The second-order valence-electron chi connectivity index (χ2n) is 7.21. The average molecular weight is 475 g/mol. The fraction of sp³-hybridized carbons (Fsp3) is 0.0417. The highest BCUT2D eigenvalue weighted by molar-refractivity contribution is 8.00. The van der Waals surface area contributed by atoms with Crippen LogP contribution in [0.2, 0.25) is 0 Å². The van der Waals surface area contributed by atoms with Crippen molar-refractivity contribution in [3.63, 3.8) is 0 Å². The summed E-state index contributed by atoms with van der Waals surface area (Å²) in [5.74, 6) is 0.105. The van der Waals surface area contributed by atoms with Crippen molar-refractivity contribution in [1.29, 1.82) is 0 Å². The lowest BCUT2D eigenvalue weighted by atomic mass is 10.1. The molecule has 0 bridgehead atoms. The van der Waals surface area contributed by atoms with Crippen molar-refractivity contribution in [2.24, 2.45) is 0 Å². The maximum absolute atomic E-state index is 13.7. The van der Waals surface area contributed by atoms with Crippen LogP contribution in [-0.4, -0.2) is 34.0 Å². The summed E-state index contributed by atoms with van der Waals surface area (Å²) in [7, 11) is -3.96. The standard InChI is InChI=1S/C24H18N4O3S2/c29-23(27-22-11-5-6-14-25-22)16-32-24-26-20-9-3-4-10-21(20)28(24)33(30,31)19-13-12-17-7-1-2-8-18(17)15-19/h1-15H,16H2,(H,25,27,29). The Labute approximate surface area is 194 Å². The zero-order valence-corrected chi connectivity index (χ0v) is 18.9. The van der Waals surface area contributed by atoms with Crippen LogP contribution in [0.3, 0.4) is 0 Å². The molecule has 0 atom stereocenters. The van der Waals surface area contributed by atoms with Gasteiger partial charge in [-0.05, 0) is 47.2 Å². The van der Waals surface area contributed by atoms with Gasteiger partial charge >= 0.3 is 0 Å². The molecule has 0 saturated carbocycles. The molecule has 2 aromatic heterocycles. The van der Waals surface area contributed by atoms with Crippen LogP contribution < -0.4 is 5.32 Å². The van der Waals surface area contributed by atoms with Gasteiger partial charge in [-0.1, -0.05) is 60.3 Å². The average Bonchev–Trinajstić information content (AvgIpc) is 3.22. The Morgan fingerprint density at radius 3 is 2.48 bits per heavy atom. The van der Waals surface area contributed by atoms with E-state index >= 15 is 0 Å². The minimum Gasteiger partial charge on any atom is -0.310 e. The number of nitrogens with one attached hydrogen (secondary N) is 1. The van der Waals surface area contributed by atoms with Gasteiger partial charge < -0.3 is 5.32 Å². The molecular weight excluding hydrogens is 456 g/mol. The number of pyridine rings is 1. The first kappa shape index (κ1) is 21.2. The normalized spacial score (nSPS) is 11.6. The first-order valence-electron chi connectivity index (χ1n) is 10.1. The number of anilines is 1. The number of carbonyl (C=O) groups is 1. The molecule has 9 heteroatoms. The SMILES string of the molecule is O=C(CSc1nc2ccccc2n1S(=O)(=O)c1ccc2ccccc2c1)Nc1ccccn1. The lowest BCUT2D eigenvalue weighted by Gasteiger charge is -2.11. The minimum atomic E-state index is -3.96. The lowest BCUT2D eigenvalue weighted by molar-refractivity contribution is -0.113. The van der Waals surface area contributed by atoms with Gasteiger partial charge in [-0.2, -0.15) is 0 Å². The van der Waals surface area contributed by atoms with Crippen LogP contribution in [0, 0.1) is 0 Å². The molecule has 0 saturated heterocycles. The van der Waals surface area contributed by atoms with Gasteiger partial charge in [0, 0.05) is 6.20 Å². The lowest BCUT2D eigenvalue weighted by Crippen LogP contribution is -2.17. The number of imidazole rings is 1. The highest BCUT2D eigenvalue weighted by Gasteiger charge is 2.25. The van der Waals surface area contributed by atoms with Gasteiger partial charge in [0.25, 0.3) is 10.0 Å². The molecule has 5 aromatic rings.